The number of carbonyl (C=O) groups is 1. The Morgan fingerprint density at radius 2 is 2.00 bits per heavy atom. The number of nitrogens with zero attached hydrogens (tertiary/aromatic N) is 1. The first kappa shape index (κ1) is 13.3. The van der Waals surface area contributed by atoms with E-state index in [-0.39, 0.29) is 12.2 Å². The Kier molecular flexibility index (Phi) is 4.31. The standard InChI is InChI=1S/C9H7ClN2O4S/c10-17(14,15)12-9(13)16-8-3-1-7(2-4-8)5-6-11/h1-4H,5H2,(H,12,13). The molecular weight excluding hydrogens is 268 g/mol. The molecule has 0 aliphatic heterocycles. The fraction of sp³-hybridized carbons (Fsp3) is 0.111. The molecule has 0 unspecified atom stereocenters. The largest absolute Gasteiger partial charge is 0.427 e. The lowest BCUT2D eigenvalue weighted by atomic mass is 10.2. The highest BCUT2D eigenvalue weighted by Gasteiger charge is 2.12. The molecule has 1 amide bonds. The van der Waals surface area contributed by atoms with Gasteiger partial charge in [-0.15, -0.1) is 0 Å². The minimum absolute atomic E-state index is 0.143. The van der Waals surface area contributed by atoms with Gasteiger partial charge in [-0.2, -0.15) is 13.7 Å². The first-order valence-corrected chi connectivity index (χ1v) is 6.62. The molecular formula is C9H7ClN2O4S. The average molecular weight is 275 g/mol. The fourth-order valence-corrected chi connectivity index (χ4v) is 1.42. The second kappa shape index (κ2) is 5.52. The SMILES string of the molecule is N#CCc1ccc(OC(=O)NS(=O)(=O)Cl)cc1. The first-order valence-electron chi connectivity index (χ1n) is 4.31. The van der Waals surface area contributed by atoms with Crippen molar-refractivity contribution in [2.75, 3.05) is 0 Å². The lowest BCUT2D eigenvalue weighted by molar-refractivity contribution is 0.207. The van der Waals surface area contributed by atoms with E-state index in [1.54, 1.807) is 12.1 Å². The Bertz CT molecular complexity index is 547. The minimum atomic E-state index is -4.16. The molecule has 90 valence electrons. The summed E-state index contributed by atoms with van der Waals surface area (Å²) in [7, 11) is 0.629. The van der Waals surface area contributed by atoms with Gasteiger partial charge in [-0.1, -0.05) is 12.1 Å². The van der Waals surface area contributed by atoms with E-state index < -0.39 is 15.3 Å². The number of carbonyl (C=O) groups excluding carboxylic acids is 1. The van der Waals surface area contributed by atoms with Crippen LogP contribution in [0.15, 0.2) is 24.3 Å². The number of rotatable bonds is 3. The van der Waals surface area contributed by atoms with E-state index in [0.29, 0.717) is 0 Å². The summed E-state index contributed by atoms with van der Waals surface area (Å²) in [5.74, 6) is 0.143. The lowest BCUT2D eigenvalue weighted by Gasteiger charge is -2.04. The quantitative estimate of drug-likeness (QED) is 0.839. The third-order valence-electron chi connectivity index (χ3n) is 1.62. The van der Waals surface area contributed by atoms with Crippen LogP contribution in [0.2, 0.25) is 0 Å². The molecule has 0 radical (unpaired) electrons. The van der Waals surface area contributed by atoms with Gasteiger partial charge in [0.25, 0.3) is 0 Å². The molecule has 17 heavy (non-hydrogen) atoms. The fourth-order valence-electron chi connectivity index (χ4n) is 0.994. The molecule has 6 nitrogen and oxygen atoms in total. The number of nitriles is 1. The van der Waals surface area contributed by atoms with E-state index >= 15 is 0 Å². The van der Waals surface area contributed by atoms with Crippen LogP contribution >= 0.6 is 10.7 Å². The Balaban J connectivity index is 2.64. The monoisotopic (exact) mass is 274 g/mol. The van der Waals surface area contributed by atoms with Gasteiger partial charge in [-0.3, -0.25) is 0 Å². The number of benzene rings is 1. The number of hydrogen-bond acceptors (Lipinski definition) is 5. The first-order chi connectivity index (χ1) is 7.90. The lowest BCUT2D eigenvalue weighted by Crippen LogP contribution is -2.29. The minimum Gasteiger partial charge on any atom is -0.410 e. The number of halogens is 1. The highest BCUT2D eigenvalue weighted by atomic mass is 35.7. The van der Waals surface area contributed by atoms with Gasteiger partial charge in [0.2, 0.25) is 0 Å². The van der Waals surface area contributed by atoms with Crippen LogP contribution in [0.5, 0.6) is 5.75 Å². The molecule has 0 heterocycles. The number of amides is 1. The second-order valence-corrected chi connectivity index (χ2v) is 5.21. The van der Waals surface area contributed by atoms with Gasteiger partial charge in [-0.05, 0) is 17.7 Å². The topological polar surface area (TPSA) is 96.3 Å². The van der Waals surface area contributed by atoms with Crippen LogP contribution in [0.25, 0.3) is 0 Å². The molecule has 1 aromatic carbocycles. The van der Waals surface area contributed by atoms with Crippen LogP contribution in [-0.4, -0.2) is 14.5 Å². The third kappa shape index (κ3) is 5.19. The second-order valence-electron chi connectivity index (χ2n) is 2.91. The summed E-state index contributed by atoms with van der Waals surface area (Å²) in [5, 5.41) is 8.44. The third-order valence-corrected chi connectivity index (χ3v) is 2.26. The van der Waals surface area contributed by atoms with Crippen molar-refractivity contribution >= 4 is 26.0 Å². The number of hydrogen-bond donors (Lipinski definition) is 1. The van der Waals surface area contributed by atoms with Crippen molar-refractivity contribution < 1.29 is 17.9 Å². The smallest absolute Gasteiger partial charge is 0.410 e. The molecule has 0 spiro atoms. The number of ether oxygens (including phenoxy) is 1. The molecule has 0 bridgehead atoms. The summed E-state index contributed by atoms with van der Waals surface area (Å²) < 4.78 is 27.0. The van der Waals surface area contributed by atoms with Gasteiger partial charge in [0, 0.05) is 10.7 Å². The van der Waals surface area contributed by atoms with Crippen molar-refractivity contribution in [2.24, 2.45) is 0 Å². The van der Waals surface area contributed by atoms with Crippen LogP contribution in [0.1, 0.15) is 5.56 Å². The normalized spacial score (nSPS) is 10.4. The zero-order valence-corrected chi connectivity index (χ0v) is 9.96. The Morgan fingerprint density at radius 1 is 1.41 bits per heavy atom. The molecule has 0 saturated carbocycles. The summed E-state index contributed by atoms with van der Waals surface area (Å²) in [6, 6.07) is 8.00. The van der Waals surface area contributed by atoms with Gasteiger partial charge >= 0.3 is 15.3 Å². The van der Waals surface area contributed by atoms with Gasteiger partial charge in [0.15, 0.2) is 0 Å². The summed E-state index contributed by atoms with van der Waals surface area (Å²) >= 11 is 0. The molecule has 0 fully saturated rings. The molecule has 8 heteroatoms. The van der Waals surface area contributed by atoms with Crippen molar-refractivity contribution in [3.05, 3.63) is 29.8 Å². The van der Waals surface area contributed by atoms with E-state index in [1.165, 1.54) is 16.9 Å². The van der Waals surface area contributed by atoms with Crippen LogP contribution < -0.4 is 9.46 Å². The van der Waals surface area contributed by atoms with Crippen molar-refractivity contribution in [1.29, 1.82) is 5.26 Å². The van der Waals surface area contributed by atoms with Crippen molar-refractivity contribution in [3.8, 4) is 11.8 Å². The molecule has 1 N–H and O–H groups in total. The summed E-state index contributed by atoms with van der Waals surface area (Å²) in [6.07, 6.45) is -0.962. The van der Waals surface area contributed by atoms with Gasteiger partial charge < -0.3 is 4.74 Å². The van der Waals surface area contributed by atoms with Gasteiger partial charge in [-0.25, -0.2) is 9.52 Å². The van der Waals surface area contributed by atoms with Crippen molar-refractivity contribution in [3.63, 3.8) is 0 Å². The van der Waals surface area contributed by atoms with E-state index in [9.17, 15) is 13.2 Å². The van der Waals surface area contributed by atoms with Crippen LogP contribution in [0, 0.1) is 11.3 Å². The summed E-state index contributed by atoms with van der Waals surface area (Å²) in [6.45, 7) is 0. The summed E-state index contributed by atoms with van der Waals surface area (Å²) in [5.41, 5.74) is 0.755. The Labute approximate surface area is 102 Å². The molecule has 0 aromatic heterocycles. The number of nitrogens with one attached hydrogen (secondary N) is 1. The molecule has 0 atom stereocenters. The molecule has 1 aromatic rings. The van der Waals surface area contributed by atoms with Crippen LogP contribution in [-0.2, 0) is 15.7 Å². The van der Waals surface area contributed by atoms with Crippen LogP contribution in [0.4, 0.5) is 4.79 Å². The maximum atomic E-state index is 11.0. The Morgan fingerprint density at radius 3 is 2.47 bits per heavy atom. The van der Waals surface area contributed by atoms with E-state index in [4.69, 9.17) is 15.9 Å². The van der Waals surface area contributed by atoms with E-state index in [1.807, 2.05) is 6.07 Å². The highest BCUT2D eigenvalue weighted by Crippen LogP contribution is 2.12. The van der Waals surface area contributed by atoms with Crippen molar-refractivity contribution in [2.45, 2.75) is 6.42 Å². The van der Waals surface area contributed by atoms with E-state index in [2.05, 4.69) is 4.74 Å². The summed E-state index contributed by atoms with van der Waals surface area (Å²) in [4.78, 5) is 11.0. The molecule has 0 aliphatic carbocycles. The molecule has 0 saturated heterocycles. The zero-order valence-electron chi connectivity index (χ0n) is 8.38. The van der Waals surface area contributed by atoms with Gasteiger partial charge in [0.1, 0.15) is 5.75 Å². The molecule has 0 aliphatic rings. The van der Waals surface area contributed by atoms with Crippen molar-refractivity contribution in [1.82, 2.24) is 4.72 Å². The van der Waals surface area contributed by atoms with Gasteiger partial charge in [0.05, 0.1) is 12.5 Å². The molecule has 1 rings (SSSR count). The van der Waals surface area contributed by atoms with Crippen LogP contribution in [0.3, 0.4) is 0 Å². The highest BCUT2D eigenvalue weighted by molar-refractivity contribution is 8.12. The average Bonchev–Trinajstić information content (AvgIpc) is 2.18. The van der Waals surface area contributed by atoms with E-state index in [0.717, 1.165) is 5.56 Å². The maximum absolute atomic E-state index is 11.0. The zero-order chi connectivity index (χ0) is 12.9. The maximum Gasteiger partial charge on any atom is 0.427 e. The predicted octanol–water partition coefficient (Wildman–Crippen LogP) is 1.32. The Hall–Kier alpha value is -1.78. The predicted molar refractivity (Wildman–Crippen MR) is 59.7 cm³/mol.